The second-order valence-corrected chi connectivity index (χ2v) is 7.67. The summed E-state index contributed by atoms with van der Waals surface area (Å²) in [7, 11) is 0. The quantitative estimate of drug-likeness (QED) is 0.540. The van der Waals surface area contributed by atoms with Crippen molar-refractivity contribution in [3.8, 4) is 6.07 Å². The summed E-state index contributed by atoms with van der Waals surface area (Å²) in [4.78, 5) is 17.0. The highest BCUT2D eigenvalue weighted by atomic mass is 35.5. The fourth-order valence-corrected chi connectivity index (χ4v) is 3.60. The first-order chi connectivity index (χ1) is 13.9. The molecule has 1 fully saturated rings. The zero-order valence-electron chi connectivity index (χ0n) is 17.4. The number of amides is 1. The van der Waals surface area contributed by atoms with Gasteiger partial charge in [-0.05, 0) is 55.7 Å². The van der Waals surface area contributed by atoms with Crippen molar-refractivity contribution in [2.75, 3.05) is 36.4 Å². The minimum atomic E-state index is -0.421. The third-order valence-corrected chi connectivity index (χ3v) is 5.83. The lowest BCUT2D eigenvalue weighted by molar-refractivity contribution is -0.112. The van der Waals surface area contributed by atoms with Gasteiger partial charge in [0.05, 0.1) is 0 Å². The van der Waals surface area contributed by atoms with Gasteiger partial charge >= 0.3 is 0 Å². The van der Waals surface area contributed by atoms with Gasteiger partial charge in [0.15, 0.2) is 0 Å². The van der Waals surface area contributed by atoms with E-state index in [2.05, 4.69) is 42.3 Å². The van der Waals surface area contributed by atoms with Gasteiger partial charge in [-0.25, -0.2) is 0 Å². The van der Waals surface area contributed by atoms with Crippen molar-refractivity contribution < 1.29 is 4.79 Å². The molecule has 0 aromatic heterocycles. The molecule has 30 heavy (non-hydrogen) atoms. The number of hydrogen-bond donors (Lipinski definition) is 1. The van der Waals surface area contributed by atoms with Crippen LogP contribution in [-0.4, -0.2) is 37.0 Å². The average Bonchev–Trinajstić information content (AvgIpc) is 2.72. The summed E-state index contributed by atoms with van der Waals surface area (Å²) in [6, 6.07) is 13.7. The van der Waals surface area contributed by atoms with Gasteiger partial charge in [-0.15, -0.1) is 12.4 Å². The van der Waals surface area contributed by atoms with E-state index < -0.39 is 5.91 Å². The number of carbonyl (C=O) groups is 1. The summed E-state index contributed by atoms with van der Waals surface area (Å²) in [6.07, 6.45) is 1.66. The van der Waals surface area contributed by atoms with E-state index in [0.29, 0.717) is 10.7 Å². The summed E-state index contributed by atoms with van der Waals surface area (Å²) in [5.41, 5.74) is 5.31. The fourth-order valence-electron chi connectivity index (χ4n) is 3.42. The molecule has 1 amide bonds. The number of rotatable bonds is 4. The molecule has 0 atom stereocenters. The normalized spacial score (nSPS) is 14.0. The van der Waals surface area contributed by atoms with Gasteiger partial charge in [0.1, 0.15) is 11.6 Å². The molecule has 1 aliphatic heterocycles. The van der Waals surface area contributed by atoms with Crippen LogP contribution in [0.5, 0.6) is 0 Å². The Bertz CT molecular complexity index is 989. The molecule has 1 aliphatic rings. The summed E-state index contributed by atoms with van der Waals surface area (Å²) >= 11 is 6.11. The first kappa shape index (κ1) is 23.6. The van der Waals surface area contributed by atoms with Crippen LogP contribution in [0.3, 0.4) is 0 Å². The number of carbonyl (C=O) groups excluding carboxylic acids is 1. The number of hydrogen-bond acceptors (Lipinski definition) is 4. The molecule has 0 saturated carbocycles. The van der Waals surface area contributed by atoms with Gasteiger partial charge in [-0.3, -0.25) is 4.79 Å². The van der Waals surface area contributed by atoms with Gasteiger partial charge in [0.2, 0.25) is 0 Å². The molecule has 3 rings (SSSR count). The number of nitrogens with zero attached hydrogens (tertiary/aromatic N) is 3. The van der Waals surface area contributed by atoms with E-state index in [1.807, 2.05) is 17.9 Å². The average molecular weight is 445 g/mol. The van der Waals surface area contributed by atoms with E-state index in [0.717, 1.165) is 31.7 Å². The van der Waals surface area contributed by atoms with Crippen LogP contribution < -0.4 is 10.2 Å². The van der Waals surface area contributed by atoms with Crippen LogP contribution in [0.15, 0.2) is 48.2 Å². The second kappa shape index (κ2) is 10.4. The van der Waals surface area contributed by atoms with Crippen molar-refractivity contribution in [1.82, 2.24) is 4.90 Å². The zero-order valence-corrected chi connectivity index (χ0v) is 19.0. The van der Waals surface area contributed by atoms with Crippen LogP contribution in [0.1, 0.15) is 16.7 Å². The minimum absolute atomic E-state index is 0. The lowest BCUT2D eigenvalue weighted by Gasteiger charge is -2.36. The molecule has 1 heterocycles. The molecule has 0 spiro atoms. The topological polar surface area (TPSA) is 59.4 Å². The van der Waals surface area contributed by atoms with Crippen molar-refractivity contribution in [2.45, 2.75) is 20.8 Å². The van der Waals surface area contributed by atoms with Gasteiger partial charge < -0.3 is 15.1 Å². The third kappa shape index (κ3) is 5.27. The van der Waals surface area contributed by atoms with Gasteiger partial charge in [-0.2, -0.15) is 5.26 Å². The lowest BCUT2D eigenvalue weighted by Crippen LogP contribution is -2.44. The van der Waals surface area contributed by atoms with E-state index in [1.165, 1.54) is 16.8 Å². The Morgan fingerprint density at radius 2 is 1.73 bits per heavy atom. The second-order valence-electron chi connectivity index (χ2n) is 7.26. The van der Waals surface area contributed by atoms with Gasteiger partial charge in [0.25, 0.3) is 5.91 Å². The maximum atomic E-state index is 12.6. The number of nitriles is 1. The van der Waals surface area contributed by atoms with Crippen LogP contribution in [0.25, 0.3) is 0 Å². The van der Waals surface area contributed by atoms with Crippen LogP contribution >= 0.6 is 24.0 Å². The Morgan fingerprint density at radius 1 is 1.07 bits per heavy atom. The van der Waals surface area contributed by atoms with Gasteiger partial charge in [-0.1, -0.05) is 29.8 Å². The molecule has 2 aromatic rings. The van der Waals surface area contributed by atoms with E-state index in [1.54, 1.807) is 24.4 Å². The van der Waals surface area contributed by atoms with Crippen LogP contribution in [0.2, 0.25) is 5.02 Å². The monoisotopic (exact) mass is 444 g/mol. The minimum Gasteiger partial charge on any atom is -0.373 e. The molecule has 2 aromatic carbocycles. The van der Waals surface area contributed by atoms with Gasteiger partial charge in [0, 0.05) is 48.8 Å². The largest absolute Gasteiger partial charge is 0.373 e. The third-order valence-electron chi connectivity index (χ3n) is 5.42. The molecule has 158 valence electrons. The Morgan fingerprint density at radius 3 is 2.40 bits per heavy atom. The van der Waals surface area contributed by atoms with Crippen molar-refractivity contribution in [3.63, 3.8) is 0 Å². The first-order valence-corrected chi connectivity index (χ1v) is 10.0. The summed E-state index contributed by atoms with van der Waals surface area (Å²) in [5, 5.41) is 12.8. The maximum Gasteiger partial charge on any atom is 0.267 e. The first-order valence-electron chi connectivity index (χ1n) is 9.64. The summed E-state index contributed by atoms with van der Waals surface area (Å²) < 4.78 is 0. The Hall–Kier alpha value is -2.68. The predicted molar refractivity (Wildman–Crippen MR) is 125 cm³/mol. The molecule has 0 aliphatic carbocycles. The Kier molecular flexibility index (Phi) is 8.16. The van der Waals surface area contributed by atoms with Crippen LogP contribution in [0, 0.1) is 32.1 Å². The number of anilines is 2. The number of piperazine rings is 1. The van der Waals surface area contributed by atoms with Crippen LogP contribution in [0.4, 0.5) is 11.4 Å². The molecule has 0 unspecified atom stereocenters. The number of nitrogens with one attached hydrogen (secondary N) is 1. The Labute approximate surface area is 189 Å². The lowest BCUT2D eigenvalue weighted by atomic mass is 10.1. The van der Waals surface area contributed by atoms with Crippen LogP contribution in [-0.2, 0) is 4.79 Å². The smallest absolute Gasteiger partial charge is 0.267 e. The molecular formula is C23H26Cl2N4O. The molecular weight excluding hydrogens is 419 g/mol. The van der Waals surface area contributed by atoms with Crippen molar-refractivity contribution in [1.29, 1.82) is 5.26 Å². The SMILES string of the molecule is Cc1cccc(N2CCN(/C=C(/C#N)C(=O)Nc3cccc(Cl)c3C)CC2)c1C.Cl. The van der Waals surface area contributed by atoms with Crippen molar-refractivity contribution in [2.24, 2.45) is 0 Å². The Balaban J connectivity index is 0.00000320. The summed E-state index contributed by atoms with van der Waals surface area (Å²) in [5.74, 6) is -0.421. The molecule has 0 radical (unpaired) electrons. The molecule has 5 nitrogen and oxygen atoms in total. The molecule has 1 saturated heterocycles. The molecule has 0 bridgehead atoms. The fraction of sp³-hybridized carbons (Fsp3) is 0.304. The predicted octanol–water partition coefficient (Wildman–Crippen LogP) is 4.86. The maximum absolute atomic E-state index is 12.6. The summed E-state index contributed by atoms with van der Waals surface area (Å²) in [6.45, 7) is 9.29. The van der Waals surface area contributed by atoms with E-state index in [9.17, 15) is 10.1 Å². The zero-order chi connectivity index (χ0) is 21.0. The number of benzene rings is 2. The van der Waals surface area contributed by atoms with E-state index in [4.69, 9.17) is 11.6 Å². The highest BCUT2D eigenvalue weighted by molar-refractivity contribution is 6.31. The van der Waals surface area contributed by atoms with Crippen molar-refractivity contribution >= 4 is 41.3 Å². The highest BCUT2D eigenvalue weighted by Crippen LogP contribution is 2.25. The van der Waals surface area contributed by atoms with E-state index in [-0.39, 0.29) is 18.0 Å². The molecule has 7 heteroatoms. The van der Waals surface area contributed by atoms with E-state index >= 15 is 0 Å². The number of halogens is 2. The molecule has 1 N–H and O–H groups in total. The van der Waals surface area contributed by atoms with Crippen molar-refractivity contribution in [3.05, 3.63) is 69.9 Å². The standard InChI is InChI=1S/C23H25ClN4O.ClH/c1-16-6-4-9-22(17(16)2)28-12-10-27(11-13-28)15-19(14-25)23(29)26-21-8-5-7-20(24)18(21)3;/h4-9,15H,10-13H2,1-3H3,(H,26,29);1H/b19-15-;. The number of aryl methyl sites for hydroxylation is 1. The highest BCUT2D eigenvalue weighted by Gasteiger charge is 2.19.